The molecular formula is C14H20N2O3. The summed E-state index contributed by atoms with van der Waals surface area (Å²) in [4.78, 5) is 12.1. The van der Waals surface area contributed by atoms with Crippen molar-refractivity contribution in [2.45, 2.75) is 38.5 Å². The fourth-order valence-corrected chi connectivity index (χ4v) is 2.85. The third kappa shape index (κ3) is 2.81. The third-order valence-electron chi connectivity index (χ3n) is 3.97. The molecule has 0 radical (unpaired) electrons. The summed E-state index contributed by atoms with van der Waals surface area (Å²) in [5.41, 5.74) is 1.99. The zero-order chi connectivity index (χ0) is 13.1. The van der Waals surface area contributed by atoms with Gasteiger partial charge in [0.25, 0.3) is 5.91 Å². The van der Waals surface area contributed by atoms with Crippen molar-refractivity contribution in [3.8, 4) is 0 Å². The number of carbonyl (C=O) groups excluding carboxylic acids is 1. The van der Waals surface area contributed by atoms with Crippen molar-refractivity contribution in [2.24, 2.45) is 5.92 Å². The van der Waals surface area contributed by atoms with Crippen LogP contribution in [0.4, 0.5) is 0 Å². The van der Waals surface area contributed by atoms with Crippen molar-refractivity contribution in [2.75, 3.05) is 19.8 Å². The maximum absolute atomic E-state index is 12.1. The van der Waals surface area contributed by atoms with Gasteiger partial charge in [-0.05, 0) is 44.4 Å². The second-order valence-corrected chi connectivity index (χ2v) is 5.44. The molecule has 0 unspecified atom stereocenters. The normalized spacial score (nSPS) is 22.8. The quantitative estimate of drug-likeness (QED) is 0.902. The number of amides is 1. The number of aromatic nitrogens is 1. The summed E-state index contributed by atoms with van der Waals surface area (Å²) in [5, 5.41) is 6.96. The van der Waals surface area contributed by atoms with E-state index >= 15 is 0 Å². The van der Waals surface area contributed by atoms with Crippen molar-refractivity contribution in [1.82, 2.24) is 10.5 Å². The number of rotatable bonds is 3. The van der Waals surface area contributed by atoms with E-state index in [4.69, 9.17) is 9.26 Å². The van der Waals surface area contributed by atoms with Crippen LogP contribution in [0, 0.1) is 5.92 Å². The lowest BCUT2D eigenvalue weighted by atomic mass is 9.96. The molecule has 1 aliphatic carbocycles. The predicted molar refractivity (Wildman–Crippen MR) is 69.0 cm³/mol. The molecule has 5 nitrogen and oxygen atoms in total. The topological polar surface area (TPSA) is 64.4 Å². The third-order valence-corrected chi connectivity index (χ3v) is 3.97. The zero-order valence-corrected chi connectivity index (χ0v) is 11.1. The summed E-state index contributed by atoms with van der Waals surface area (Å²) < 4.78 is 10.6. The standard InChI is InChI=1S/C14H20N2O3/c17-14(15-8-10-4-3-7-18-9-10)13-11-5-1-2-6-12(11)16-19-13/h10H,1-9H2,(H,15,17)/t10-/m1/s1. The van der Waals surface area contributed by atoms with Gasteiger partial charge in [0.1, 0.15) is 0 Å². The van der Waals surface area contributed by atoms with Crippen LogP contribution in [0.15, 0.2) is 4.52 Å². The van der Waals surface area contributed by atoms with E-state index in [1.807, 2.05) is 0 Å². The van der Waals surface area contributed by atoms with E-state index in [1.165, 1.54) is 0 Å². The Labute approximate surface area is 112 Å². The monoisotopic (exact) mass is 264 g/mol. The van der Waals surface area contributed by atoms with Crippen molar-refractivity contribution < 1.29 is 14.1 Å². The minimum absolute atomic E-state index is 0.124. The molecule has 1 fully saturated rings. The molecule has 104 valence electrons. The average molecular weight is 264 g/mol. The van der Waals surface area contributed by atoms with Crippen LogP contribution in [0.25, 0.3) is 0 Å². The summed E-state index contributed by atoms with van der Waals surface area (Å²) in [5.74, 6) is 0.726. The van der Waals surface area contributed by atoms with Gasteiger partial charge in [-0.15, -0.1) is 0 Å². The number of fused-ring (bicyclic) bond motifs is 1. The Hall–Kier alpha value is -1.36. The number of aryl methyl sites for hydroxylation is 1. The van der Waals surface area contributed by atoms with Gasteiger partial charge in [0.2, 0.25) is 5.76 Å². The van der Waals surface area contributed by atoms with Crippen molar-refractivity contribution >= 4 is 5.91 Å². The molecule has 5 heteroatoms. The second-order valence-electron chi connectivity index (χ2n) is 5.44. The Bertz CT molecular complexity index is 450. The Morgan fingerprint density at radius 1 is 1.32 bits per heavy atom. The van der Waals surface area contributed by atoms with E-state index in [2.05, 4.69) is 10.5 Å². The molecule has 19 heavy (non-hydrogen) atoms. The molecule has 1 aliphatic heterocycles. The zero-order valence-electron chi connectivity index (χ0n) is 11.1. The minimum Gasteiger partial charge on any atom is -0.381 e. The number of ether oxygens (including phenoxy) is 1. The molecule has 2 heterocycles. The minimum atomic E-state index is -0.124. The van der Waals surface area contributed by atoms with E-state index < -0.39 is 0 Å². The van der Waals surface area contributed by atoms with Crippen LogP contribution in [0.1, 0.15) is 47.5 Å². The van der Waals surface area contributed by atoms with E-state index in [9.17, 15) is 4.79 Å². The van der Waals surface area contributed by atoms with Gasteiger partial charge in [-0.3, -0.25) is 4.79 Å². The van der Waals surface area contributed by atoms with Crippen LogP contribution in [-0.4, -0.2) is 30.8 Å². The van der Waals surface area contributed by atoms with Crippen LogP contribution < -0.4 is 5.32 Å². The largest absolute Gasteiger partial charge is 0.381 e. The fourth-order valence-electron chi connectivity index (χ4n) is 2.85. The Kier molecular flexibility index (Phi) is 3.82. The van der Waals surface area contributed by atoms with Crippen LogP contribution in [-0.2, 0) is 17.6 Å². The molecule has 1 saturated heterocycles. The first-order chi connectivity index (χ1) is 9.34. The second kappa shape index (κ2) is 5.74. The Morgan fingerprint density at radius 2 is 2.21 bits per heavy atom. The lowest BCUT2D eigenvalue weighted by molar-refractivity contribution is 0.0532. The molecule has 0 spiro atoms. The fraction of sp³-hybridized carbons (Fsp3) is 0.714. The lowest BCUT2D eigenvalue weighted by Crippen LogP contribution is -2.33. The number of nitrogens with zero attached hydrogens (tertiary/aromatic N) is 1. The number of nitrogens with one attached hydrogen (secondary N) is 1. The number of hydrogen-bond donors (Lipinski definition) is 1. The SMILES string of the molecule is O=C(NC[C@H]1CCCOC1)c1onc2c1CCCC2. The summed E-state index contributed by atoms with van der Waals surface area (Å²) >= 11 is 0. The molecule has 0 aromatic carbocycles. The first kappa shape index (κ1) is 12.7. The van der Waals surface area contributed by atoms with Crippen LogP contribution in [0.5, 0.6) is 0 Å². The molecule has 1 aromatic rings. The van der Waals surface area contributed by atoms with Gasteiger partial charge in [-0.25, -0.2) is 0 Å². The lowest BCUT2D eigenvalue weighted by Gasteiger charge is -2.22. The highest BCUT2D eigenvalue weighted by Crippen LogP contribution is 2.23. The first-order valence-corrected chi connectivity index (χ1v) is 7.18. The smallest absolute Gasteiger partial charge is 0.290 e. The molecule has 1 atom stereocenters. The highest BCUT2D eigenvalue weighted by Gasteiger charge is 2.24. The molecule has 1 N–H and O–H groups in total. The maximum atomic E-state index is 12.1. The summed E-state index contributed by atoms with van der Waals surface area (Å²) in [6, 6.07) is 0. The van der Waals surface area contributed by atoms with E-state index in [0.29, 0.717) is 18.2 Å². The highest BCUT2D eigenvalue weighted by atomic mass is 16.5. The van der Waals surface area contributed by atoms with Gasteiger partial charge < -0.3 is 14.6 Å². The molecule has 3 rings (SSSR count). The van der Waals surface area contributed by atoms with Gasteiger partial charge >= 0.3 is 0 Å². The first-order valence-electron chi connectivity index (χ1n) is 7.18. The summed E-state index contributed by atoms with van der Waals surface area (Å²) in [6.45, 7) is 2.25. The highest BCUT2D eigenvalue weighted by molar-refractivity contribution is 5.93. The summed E-state index contributed by atoms with van der Waals surface area (Å²) in [7, 11) is 0. The van der Waals surface area contributed by atoms with Gasteiger partial charge in [-0.1, -0.05) is 5.16 Å². The van der Waals surface area contributed by atoms with Gasteiger partial charge in [0.05, 0.1) is 12.3 Å². The maximum Gasteiger partial charge on any atom is 0.290 e. The van der Waals surface area contributed by atoms with Gasteiger partial charge in [0, 0.05) is 18.7 Å². The van der Waals surface area contributed by atoms with E-state index in [1.54, 1.807) is 0 Å². The molecular weight excluding hydrogens is 244 g/mol. The summed E-state index contributed by atoms with van der Waals surface area (Å²) in [6.07, 6.45) is 6.30. The Morgan fingerprint density at radius 3 is 3.05 bits per heavy atom. The van der Waals surface area contributed by atoms with Crippen LogP contribution in [0.3, 0.4) is 0 Å². The van der Waals surface area contributed by atoms with Crippen molar-refractivity contribution in [1.29, 1.82) is 0 Å². The molecule has 1 amide bonds. The number of carbonyl (C=O) groups is 1. The van der Waals surface area contributed by atoms with Crippen molar-refractivity contribution in [3.05, 3.63) is 17.0 Å². The van der Waals surface area contributed by atoms with E-state index in [0.717, 1.165) is 63.0 Å². The van der Waals surface area contributed by atoms with Crippen molar-refractivity contribution in [3.63, 3.8) is 0 Å². The van der Waals surface area contributed by atoms with Gasteiger partial charge in [0.15, 0.2) is 0 Å². The number of hydrogen-bond acceptors (Lipinski definition) is 4. The Balaban J connectivity index is 1.59. The average Bonchev–Trinajstić information content (AvgIpc) is 2.90. The molecule has 0 bridgehead atoms. The molecule has 2 aliphatic rings. The van der Waals surface area contributed by atoms with Gasteiger partial charge in [-0.2, -0.15) is 0 Å². The van der Waals surface area contributed by atoms with Crippen LogP contribution in [0.2, 0.25) is 0 Å². The molecule has 0 saturated carbocycles. The van der Waals surface area contributed by atoms with Crippen LogP contribution >= 0.6 is 0 Å². The van der Waals surface area contributed by atoms with E-state index in [-0.39, 0.29) is 5.91 Å². The predicted octanol–water partition coefficient (Wildman–Crippen LogP) is 1.71. The molecule has 1 aromatic heterocycles.